The number of oxazole rings is 1. The smallest absolute Gasteiger partial charge is 0.420 e. The van der Waals surface area contributed by atoms with Crippen LogP contribution < -0.4 is 5.76 Å². The molecule has 112 valence electrons. The topological polar surface area (TPSA) is 92.8 Å². The van der Waals surface area contributed by atoms with Crippen molar-refractivity contribution < 1.29 is 19.1 Å². The molecular formula is C14H16N2O5. The van der Waals surface area contributed by atoms with Crippen molar-refractivity contribution in [3.05, 3.63) is 34.8 Å². The van der Waals surface area contributed by atoms with Gasteiger partial charge in [-0.3, -0.25) is 9.36 Å². The lowest BCUT2D eigenvalue weighted by atomic mass is 10.0. The maximum atomic E-state index is 12.2. The summed E-state index contributed by atoms with van der Waals surface area (Å²) in [6.07, 6.45) is 0. The third kappa shape index (κ3) is 2.54. The van der Waals surface area contributed by atoms with Crippen LogP contribution in [-0.2, 0) is 16.1 Å². The Balaban J connectivity index is 2.33. The normalized spacial score (nSPS) is 11.6. The molecule has 1 aromatic heterocycles. The summed E-state index contributed by atoms with van der Waals surface area (Å²) in [5.74, 6) is -2.26. The SMILES string of the molecule is CN(C(=O)Cn1c(=O)oc2ccccc21)C(C)(C)C(=O)O. The summed E-state index contributed by atoms with van der Waals surface area (Å²) >= 11 is 0. The Bertz CT molecular complexity index is 756. The van der Waals surface area contributed by atoms with Gasteiger partial charge in [-0.2, -0.15) is 0 Å². The standard InChI is InChI=1S/C14H16N2O5/c1-14(2,12(18)19)15(3)11(17)8-16-9-6-4-5-7-10(9)21-13(16)20/h4-7H,8H2,1-3H3,(H,18,19). The fourth-order valence-electron chi connectivity index (χ4n) is 1.86. The second-order valence-corrected chi connectivity index (χ2v) is 5.24. The van der Waals surface area contributed by atoms with Crippen molar-refractivity contribution in [2.24, 2.45) is 0 Å². The van der Waals surface area contributed by atoms with Crippen LogP contribution in [-0.4, -0.2) is 39.0 Å². The van der Waals surface area contributed by atoms with Crippen LogP contribution in [0.25, 0.3) is 11.1 Å². The molecule has 21 heavy (non-hydrogen) atoms. The third-order valence-corrected chi connectivity index (χ3v) is 3.60. The van der Waals surface area contributed by atoms with Crippen LogP contribution >= 0.6 is 0 Å². The lowest BCUT2D eigenvalue weighted by molar-refractivity contribution is -0.155. The summed E-state index contributed by atoms with van der Waals surface area (Å²) < 4.78 is 6.22. The first-order valence-corrected chi connectivity index (χ1v) is 6.33. The number of benzene rings is 1. The molecular weight excluding hydrogens is 276 g/mol. The fraction of sp³-hybridized carbons (Fsp3) is 0.357. The van der Waals surface area contributed by atoms with E-state index in [1.807, 2.05) is 0 Å². The van der Waals surface area contributed by atoms with Gasteiger partial charge >= 0.3 is 11.7 Å². The Kier molecular flexibility index (Phi) is 3.59. The van der Waals surface area contributed by atoms with Gasteiger partial charge < -0.3 is 14.4 Å². The van der Waals surface area contributed by atoms with Gasteiger partial charge in [0.1, 0.15) is 12.1 Å². The van der Waals surface area contributed by atoms with Crippen molar-refractivity contribution in [1.29, 1.82) is 0 Å². The zero-order valence-corrected chi connectivity index (χ0v) is 12.0. The predicted molar refractivity (Wildman–Crippen MR) is 75.0 cm³/mol. The average molecular weight is 292 g/mol. The van der Waals surface area contributed by atoms with E-state index in [-0.39, 0.29) is 6.54 Å². The van der Waals surface area contributed by atoms with Gasteiger partial charge in [0.15, 0.2) is 5.58 Å². The monoisotopic (exact) mass is 292 g/mol. The van der Waals surface area contributed by atoms with Gasteiger partial charge in [-0.25, -0.2) is 9.59 Å². The molecule has 1 heterocycles. The van der Waals surface area contributed by atoms with Crippen molar-refractivity contribution in [3.8, 4) is 0 Å². The molecule has 1 amide bonds. The van der Waals surface area contributed by atoms with Crippen molar-refractivity contribution in [2.45, 2.75) is 25.9 Å². The number of amides is 1. The summed E-state index contributed by atoms with van der Waals surface area (Å²) in [4.78, 5) is 36.3. The number of carboxylic acid groups (broad SMARTS) is 1. The Hall–Kier alpha value is -2.57. The molecule has 0 unspecified atom stereocenters. The molecule has 1 N–H and O–H groups in total. The number of hydrogen-bond donors (Lipinski definition) is 1. The van der Waals surface area contributed by atoms with Crippen LogP contribution in [0.2, 0.25) is 0 Å². The molecule has 0 bridgehead atoms. The van der Waals surface area contributed by atoms with E-state index in [9.17, 15) is 14.4 Å². The quantitative estimate of drug-likeness (QED) is 0.904. The van der Waals surface area contributed by atoms with E-state index in [1.165, 1.54) is 25.5 Å². The summed E-state index contributed by atoms with van der Waals surface area (Å²) in [6, 6.07) is 6.73. The van der Waals surface area contributed by atoms with Gasteiger partial charge in [-0.05, 0) is 26.0 Å². The second-order valence-electron chi connectivity index (χ2n) is 5.24. The number of aliphatic carboxylic acids is 1. The summed E-state index contributed by atoms with van der Waals surface area (Å²) in [6.45, 7) is 2.57. The lowest BCUT2D eigenvalue weighted by Gasteiger charge is -2.31. The molecule has 1 aromatic carbocycles. The first kappa shape index (κ1) is 14.8. The van der Waals surface area contributed by atoms with Gasteiger partial charge in [0.2, 0.25) is 5.91 Å². The van der Waals surface area contributed by atoms with Crippen molar-refractivity contribution in [1.82, 2.24) is 9.47 Å². The summed E-state index contributed by atoms with van der Waals surface area (Å²) in [7, 11) is 1.39. The molecule has 2 aromatic rings. The predicted octanol–water partition coefficient (Wildman–Crippen LogP) is 0.916. The minimum absolute atomic E-state index is 0.275. The average Bonchev–Trinajstić information content (AvgIpc) is 2.74. The fourth-order valence-corrected chi connectivity index (χ4v) is 1.86. The lowest BCUT2D eigenvalue weighted by Crippen LogP contribution is -2.52. The van der Waals surface area contributed by atoms with Gasteiger partial charge in [0, 0.05) is 7.05 Å². The van der Waals surface area contributed by atoms with Crippen molar-refractivity contribution in [3.63, 3.8) is 0 Å². The highest BCUT2D eigenvalue weighted by atomic mass is 16.4. The number of nitrogens with zero attached hydrogens (tertiary/aromatic N) is 2. The number of carboxylic acids is 1. The van der Waals surface area contributed by atoms with Crippen LogP contribution in [0.4, 0.5) is 0 Å². The van der Waals surface area contributed by atoms with Crippen LogP contribution in [0.15, 0.2) is 33.5 Å². The van der Waals surface area contributed by atoms with E-state index in [1.54, 1.807) is 24.3 Å². The third-order valence-electron chi connectivity index (χ3n) is 3.60. The van der Waals surface area contributed by atoms with E-state index in [2.05, 4.69) is 0 Å². The highest BCUT2D eigenvalue weighted by molar-refractivity contribution is 5.86. The molecule has 0 spiro atoms. The molecule has 0 aliphatic heterocycles. The summed E-state index contributed by atoms with van der Waals surface area (Å²) in [5.41, 5.74) is -0.479. The molecule has 0 atom stereocenters. The zero-order chi connectivity index (χ0) is 15.8. The number of rotatable bonds is 4. The number of carbonyl (C=O) groups is 2. The van der Waals surface area contributed by atoms with Gasteiger partial charge in [0.25, 0.3) is 0 Å². The molecule has 0 aliphatic rings. The van der Waals surface area contributed by atoms with Crippen LogP contribution in [0.1, 0.15) is 13.8 Å². The number of carbonyl (C=O) groups excluding carboxylic acids is 1. The Morgan fingerprint density at radius 2 is 1.95 bits per heavy atom. The first-order valence-electron chi connectivity index (χ1n) is 6.33. The zero-order valence-electron chi connectivity index (χ0n) is 12.0. The highest BCUT2D eigenvalue weighted by Crippen LogP contribution is 2.15. The van der Waals surface area contributed by atoms with E-state index in [0.29, 0.717) is 11.1 Å². The minimum atomic E-state index is -1.36. The van der Waals surface area contributed by atoms with E-state index < -0.39 is 23.2 Å². The first-order chi connectivity index (χ1) is 9.75. The van der Waals surface area contributed by atoms with Crippen molar-refractivity contribution >= 4 is 23.0 Å². The number of para-hydroxylation sites is 2. The Morgan fingerprint density at radius 3 is 2.57 bits per heavy atom. The Labute approximate surface area is 120 Å². The van der Waals surface area contributed by atoms with E-state index in [0.717, 1.165) is 4.90 Å². The maximum absolute atomic E-state index is 12.2. The van der Waals surface area contributed by atoms with E-state index >= 15 is 0 Å². The second kappa shape index (κ2) is 5.08. The molecule has 7 nitrogen and oxygen atoms in total. The number of hydrogen-bond acceptors (Lipinski definition) is 4. The van der Waals surface area contributed by atoms with Crippen LogP contribution in [0, 0.1) is 0 Å². The highest BCUT2D eigenvalue weighted by Gasteiger charge is 2.35. The molecule has 0 saturated heterocycles. The molecule has 0 fully saturated rings. The van der Waals surface area contributed by atoms with Crippen LogP contribution in [0.5, 0.6) is 0 Å². The number of aromatic nitrogens is 1. The van der Waals surface area contributed by atoms with Gasteiger partial charge in [0.05, 0.1) is 5.52 Å². The Morgan fingerprint density at radius 1 is 1.33 bits per heavy atom. The van der Waals surface area contributed by atoms with Crippen molar-refractivity contribution in [2.75, 3.05) is 7.05 Å². The van der Waals surface area contributed by atoms with Gasteiger partial charge in [-0.15, -0.1) is 0 Å². The largest absolute Gasteiger partial charge is 0.480 e. The van der Waals surface area contributed by atoms with E-state index in [4.69, 9.17) is 9.52 Å². The minimum Gasteiger partial charge on any atom is -0.480 e. The van der Waals surface area contributed by atoms with Gasteiger partial charge in [-0.1, -0.05) is 12.1 Å². The maximum Gasteiger partial charge on any atom is 0.420 e. The molecule has 2 rings (SSSR count). The van der Waals surface area contributed by atoms with Crippen LogP contribution in [0.3, 0.4) is 0 Å². The molecule has 0 saturated carbocycles. The molecule has 0 radical (unpaired) electrons. The molecule has 0 aliphatic carbocycles. The summed E-state index contributed by atoms with van der Waals surface area (Å²) in [5, 5.41) is 9.13. The number of fused-ring (bicyclic) bond motifs is 1. The number of likely N-dealkylation sites (N-methyl/N-ethyl adjacent to an activating group) is 1. The molecule has 7 heteroatoms.